The number of aliphatic hydroxyl groups is 1. The Morgan fingerprint density at radius 2 is 1.90 bits per heavy atom. The molecule has 1 heterocycles. The van der Waals surface area contributed by atoms with Crippen LogP contribution in [-0.2, 0) is 11.3 Å². The molecule has 168 valence electrons. The van der Waals surface area contributed by atoms with Crippen molar-refractivity contribution < 1.29 is 9.90 Å². The maximum absolute atomic E-state index is 13.7. The molecule has 1 N–H and O–H groups in total. The standard InChI is InChI=1S/C27H38N2O2/c1-6-29-17(3)22(16(2)28-29)13-18-14-24-21-8-7-19-15-20(30)9-11-26(19,4)23(21)10-12-27(24,5)25(18)31/h7,13,20-21,23-24,30H,6,8-12,14-15H2,1-5H3/b18-13-/t20-,21-,23+,24+,26-,27-/m0/s1. The Hall–Kier alpha value is -1.68. The van der Waals surface area contributed by atoms with Crippen LogP contribution in [0.15, 0.2) is 17.2 Å². The van der Waals surface area contributed by atoms with Crippen molar-refractivity contribution in [2.24, 2.45) is 28.6 Å². The molecule has 4 aliphatic rings. The summed E-state index contributed by atoms with van der Waals surface area (Å²) in [6.45, 7) is 11.8. The fourth-order valence-corrected chi connectivity index (χ4v) is 7.84. The van der Waals surface area contributed by atoms with Crippen LogP contribution in [0.3, 0.4) is 0 Å². The van der Waals surface area contributed by atoms with E-state index in [1.165, 1.54) is 5.57 Å². The lowest BCUT2D eigenvalue weighted by Crippen LogP contribution is -2.50. The second-order valence-corrected chi connectivity index (χ2v) is 11.2. The predicted octanol–water partition coefficient (Wildman–Crippen LogP) is 5.41. The summed E-state index contributed by atoms with van der Waals surface area (Å²) < 4.78 is 2.04. The van der Waals surface area contributed by atoms with E-state index in [1.807, 2.05) is 4.68 Å². The molecule has 0 aromatic carbocycles. The van der Waals surface area contributed by atoms with E-state index in [2.05, 4.69) is 51.9 Å². The summed E-state index contributed by atoms with van der Waals surface area (Å²) in [6, 6.07) is 0. The average molecular weight is 423 g/mol. The van der Waals surface area contributed by atoms with Crippen LogP contribution in [0.5, 0.6) is 0 Å². The van der Waals surface area contributed by atoms with Crippen molar-refractivity contribution in [1.82, 2.24) is 9.78 Å². The van der Waals surface area contributed by atoms with E-state index in [9.17, 15) is 9.90 Å². The minimum Gasteiger partial charge on any atom is -0.393 e. The highest BCUT2D eigenvalue weighted by Gasteiger charge is 2.59. The number of ketones is 1. The molecular formula is C27H38N2O2. The summed E-state index contributed by atoms with van der Waals surface area (Å²) in [7, 11) is 0. The minimum atomic E-state index is -0.217. The number of allylic oxidation sites excluding steroid dienone is 2. The normalized spacial score (nSPS) is 41.0. The molecule has 0 aliphatic heterocycles. The van der Waals surface area contributed by atoms with Crippen LogP contribution in [0.2, 0.25) is 0 Å². The fraction of sp³-hybridized carbons (Fsp3) is 0.704. The first-order chi connectivity index (χ1) is 14.7. The zero-order valence-electron chi connectivity index (χ0n) is 19.9. The molecule has 4 heteroatoms. The molecule has 3 saturated carbocycles. The van der Waals surface area contributed by atoms with Gasteiger partial charge in [-0.2, -0.15) is 5.10 Å². The molecule has 0 bridgehead atoms. The number of rotatable bonds is 2. The number of fused-ring (bicyclic) bond motifs is 5. The Balaban J connectivity index is 1.49. The van der Waals surface area contributed by atoms with Gasteiger partial charge in [-0.3, -0.25) is 9.48 Å². The van der Waals surface area contributed by atoms with Crippen LogP contribution < -0.4 is 0 Å². The third-order valence-electron chi connectivity index (χ3n) is 9.77. The Labute approximate surface area is 186 Å². The highest BCUT2D eigenvalue weighted by atomic mass is 16.3. The van der Waals surface area contributed by atoms with Gasteiger partial charge < -0.3 is 5.11 Å². The number of carbonyl (C=O) groups excluding carboxylic acids is 1. The first kappa shape index (κ1) is 21.2. The number of aryl methyl sites for hydroxylation is 2. The highest BCUT2D eigenvalue weighted by Crippen LogP contribution is 2.64. The van der Waals surface area contributed by atoms with Crippen molar-refractivity contribution in [3.05, 3.63) is 34.2 Å². The lowest BCUT2D eigenvalue weighted by atomic mass is 9.48. The monoisotopic (exact) mass is 422 g/mol. The van der Waals surface area contributed by atoms with Crippen LogP contribution in [0, 0.1) is 42.4 Å². The van der Waals surface area contributed by atoms with Gasteiger partial charge in [0.15, 0.2) is 5.78 Å². The number of nitrogens with zero attached hydrogens (tertiary/aromatic N) is 2. The second kappa shape index (κ2) is 7.16. The Morgan fingerprint density at radius 3 is 2.61 bits per heavy atom. The molecule has 0 amide bonds. The first-order valence-electron chi connectivity index (χ1n) is 12.4. The van der Waals surface area contributed by atoms with Crippen molar-refractivity contribution in [3.8, 4) is 0 Å². The summed E-state index contributed by atoms with van der Waals surface area (Å²) in [4.78, 5) is 13.7. The van der Waals surface area contributed by atoms with Gasteiger partial charge in [0, 0.05) is 23.2 Å². The molecule has 31 heavy (non-hydrogen) atoms. The molecule has 0 unspecified atom stereocenters. The van der Waals surface area contributed by atoms with Crippen LogP contribution >= 0.6 is 0 Å². The van der Waals surface area contributed by atoms with Gasteiger partial charge in [0.1, 0.15) is 0 Å². The quantitative estimate of drug-likeness (QED) is 0.512. The van der Waals surface area contributed by atoms with Crippen LogP contribution in [0.1, 0.15) is 82.7 Å². The van der Waals surface area contributed by atoms with Gasteiger partial charge >= 0.3 is 0 Å². The fourth-order valence-electron chi connectivity index (χ4n) is 7.84. The van der Waals surface area contributed by atoms with Crippen molar-refractivity contribution >= 4 is 11.9 Å². The molecule has 3 fully saturated rings. The van der Waals surface area contributed by atoms with Gasteiger partial charge in [-0.1, -0.05) is 25.5 Å². The molecule has 5 rings (SSSR count). The summed E-state index contributed by atoms with van der Waals surface area (Å²) in [5.74, 6) is 2.06. The summed E-state index contributed by atoms with van der Waals surface area (Å²) in [5, 5.41) is 14.9. The number of hydrogen-bond acceptors (Lipinski definition) is 3. The molecule has 0 spiro atoms. The van der Waals surface area contributed by atoms with Gasteiger partial charge in [0.2, 0.25) is 0 Å². The van der Waals surface area contributed by atoms with Gasteiger partial charge in [0.25, 0.3) is 0 Å². The van der Waals surface area contributed by atoms with Crippen molar-refractivity contribution in [2.75, 3.05) is 0 Å². The molecular weight excluding hydrogens is 384 g/mol. The topological polar surface area (TPSA) is 55.1 Å². The summed E-state index contributed by atoms with van der Waals surface area (Å²) in [6.07, 6.45) is 11.5. The van der Waals surface area contributed by atoms with Crippen molar-refractivity contribution in [1.29, 1.82) is 0 Å². The molecule has 4 aliphatic carbocycles. The highest BCUT2D eigenvalue weighted by molar-refractivity contribution is 6.06. The SMILES string of the molecule is CCn1nc(C)c(/C=C2/C[C@@H]3[C@H]4CC=C5C[C@@H](O)CC[C@]5(C)[C@@H]4CC[C@]3(C)C2=O)c1C. The van der Waals surface area contributed by atoms with E-state index in [1.54, 1.807) is 0 Å². The van der Waals surface area contributed by atoms with E-state index in [-0.39, 0.29) is 16.9 Å². The van der Waals surface area contributed by atoms with E-state index < -0.39 is 0 Å². The predicted molar refractivity (Wildman–Crippen MR) is 123 cm³/mol. The van der Waals surface area contributed by atoms with Gasteiger partial charge in [-0.05, 0) is 101 Å². The summed E-state index contributed by atoms with van der Waals surface area (Å²) in [5.41, 5.74) is 5.85. The van der Waals surface area contributed by atoms with E-state index in [0.717, 1.165) is 74.0 Å². The molecule has 0 radical (unpaired) electrons. The van der Waals surface area contributed by atoms with E-state index >= 15 is 0 Å². The van der Waals surface area contributed by atoms with Gasteiger partial charge in [0.05, 0.1) is 11.8 Å². The maximum atomic E-state index is 13.7. The third kappa shape index (κ3) is 2.97. The Kier molecular flexibility index (Phi) is 4.89. The molecule has 6 atom stereocenters. The van der Waals surface area contributed by atoms with Crippen molar-refractivity contribution in [3.63, 3.8) is 0 Å². The van der Waals surface area contributed by atoms with Gasteiger partial charge in [-0.15, -0.1) is 0 Å². The molecule has 0 saturated heterocycles. The van der Waals surface area contributed by atoms with Crippen LogP contribution in [-0.4, -0.2) is 26.8 Å². The van der Waals surface area contributed by atoms with Crippen molar-refractivity contribution in [2.45, 2.75) is 92.2 Å². The lowest BCUT2D eigenvalue weighted by molar-refractivity contribution is -0.130. The zero-order valence-corrected chi connectivity index (χ0v) is 19.9. The lowest BCUT2D eigenvalue weighted by Gasteiger charge is -2.56. The van der Waals surface area contributed by atoms with Crippen LogP contribution in [0.25, 0.3) is 6.08 Å². The number of hydrogen-bond donors (Lipinski definition) is 1. The number of carbonyl (C=O) groups is 1. The molecule has 1 aromatic heterocycles. The largest absolute Gasteiger partial charge is 0.393 e. The van der Waals surface area contributed by atoms with E-state index in [4.69, 9.17) is 0 Å². The second-order valence-electron chi connectivity index (χ2n) is 11.2. The number of Topliss-reactive ketones (excluding diaryl/α,β-unsaturated/α-hetero) is 1. The molecule has 4 nitrogen and oxygen atoms in total. The Morgan fingerprint density at radius 1 is 1.16 bits per heavy atom. The summed E-state index contributed by atoms with van der Waals surface area (Å²) >= 11 is 0. The van der Waals surface area contributed by atoms with Gasteiger partial charge in [-0.25, -0.2) is 0 Å². The number of aromatic nitrogens is 2. The third-order valence-corrected chi connectivity index (χ3v) is 9.77. The first-order valence-corrected chi connectivity index (χ1v) is 12.4. The van der Waals surface area contributed by atoms with E-state index in [0.29, 0.717) is 23.5 Å². The van der Waals surface area contributed by atoms with Crippen LogP contribution in [0.4, 0.5) is 0 Å². The number of aliphatic hydroxyl groups excluding tert-OH is 1. The average Bonchev–Trinajstić information content (AvgIpc) is 3.16. The molecule has 1 aromatic rings. The zero-order chi connectivity index (χ0) is 22.1. The Bertz CT molecular complexity index is 986. The minimum absolute atomic E-state index is 0.164. The maximum Gasteiger partial charge on any atom is 0.165 e. The smallest absolute Gasteiger partial charge is 0.165 e.